The largest absolute Gasteiger partial charge is 0.303 e. The van der Waals surface area contributed by atoms with Crippen LogP contribution < -0.4 is 5.32 Å². The number of nitrogens with one attached hydrogen (secondary N) is 1. The van der Waals surface area contributed by atoms with Gasteiger partial charge < -0.3 is 10.2 Å². The van der Waals surface area contributed by atoms with Gasteiger partial charge in [0.1, 0.15) is 5.54 Å². The molecule has 17 heavy (non-hydrogen) atoms. The fourth-order valence-electron chi connectivity index (χ4n) is 2.71. The second kappa shape index (κ2) is 6.37. The Labute approximate surface area is 106 Å². The van der Waals surface area contributed by atoms with Gasteiger partial charge in [-0.15, -0.1) is 0 Å². The van der Waals surface area contributed by atoms with Gasteiger partial charge in [-0.1, -0.05) is 20.8 Å². The molecule has 1 heterocycles. The Hall–Kier alpha value is -0.590. The molecule has 0 radical (unpaired) electrons. The van der Waals surface area contributed by atoms with Crippen LogP contribution in [-0.2, 0) is 0 Å². The van der Waals surface area contributed by atoms with Gasteiger partial charge in [-0.3, -0.25) is 0 Å². The molecule has 3 nitrogen and oxygen atoms in total. The maximum Gasteiger partial charge on any atom is 0.106 e. The molecule has 0 spiro atoms. The molecule has 0 aliphatic carbocycles. The predicted molar refractivity (Wildman–Crippen MR) is 71.7 cm³/mol. The summed E-state index contributed by atoms with van der Waals surface area (Å²) in [6.07, 6.45) is 2.95. The van der Waals surface area contributed by atoms with Gasteiger partial charge in [0, 0.05) is 13.1 Å². The molecule has 0 amide bonds. The van der Waals surface area contributed by atoms with Gasteiger partial charge in [0.05, 0.1) is 6.07 Å². The average Bonchev–Trinajstić information content (AvgIpc) is 2.65. The van der Waals surface area contributed by atoms with Gasteiger partial charge in [-0.05, 0) is 44.7 Å². The van der Waals surface area contributed by atoms with E-state index in [-0.39, 0.29) is 5.54 Å². The summed E-state index contributed by atoms with van der Waals surface area (Å²) < 4.78 is 0. The quantitative estimate of drug-likeness (QED) is 0.770. The van der Waals surface area contributed by atoms with Crippen molar-refractivity contribution in [2.75, 3.05) is 26.7 Å². The summed E-state index contributed by atoms with van der Waals surface area (Å²) >= 11 is 0. The van der Waals surface area contributed by atoms with E-state index < -0.39 is 0 Å². The van der Waals surface area contributed by atoms with Crippen LogP contribution in [-0.4, -0.2) is 37.1 Å². The van der Waals surface area contributed by atoms with Crippen LogP contribution in [0.3, 0.4) is 0 Å². The molecule has 0 bridgehead atoms. The van der Waals surface area contributed by atoms with Gasteiger partial charge in [0.2, 0.25) is 0 Å². The molecule has 1 rings (SSSR count). The first kappa shape index (κ1) is 14.5. The minimum atomic E-state index is -0.309. The van der Waals surface area contributed by atoms with E-state index in [1.807, 2.05) is 7.05 Å². The van der Waals surface area contributed by atoms with Crippen LogP contribution in [0.25, 0.3) is 0 Å². The number of nitriles is 1. The van der Waals surface area contributed by atoms with Crippen LogP contribution in [0.1, 0.15) is 40.0 Å². The van der Waals surface area contributed by atoms with E-state index in [1.165, 1.54) is 13.1 Å². The first-order chi connectivity index (χ1) is 8.06. The summed E-state index contributed by atoms with van der Waals surface area (Å²) in [6, 6.07) is 2.43. The number of nitrogens with zero attached hydrogens (tertiary/aromatic N) is 2. The van der Waals surface area contributed by atoms with Crippen LogP contribution in [0.5, 0.6) is 0 Å². The van der Waals surface area contributed by atoms with Crippen molar-refractivity contribution in [1.82, 2.24) is 10.2 Å². The molecule has 3 heteroatoms. The van der Waals surface area contributed by atoms with Gasteiger partial charge in [0.15, 0.2) is 0 Å². The standard InChI is InChI=1S/C14H27N3/c1-5-14(11-15,16-4)7-6-8-17-9-12(2)13(3)10-17/h12-13,16H,5-10H2,1-4H3. The lowest BCUT2D eigenvalue weighted by Crippen LogP contribution is -2.41. The fraction of sp³-hybridized carbons (Fsp3) is 0.929. The van der Waals surface area contributed by atoms with Gasteiger partial charge in [-0.25, -0.2) is 0 Å². The van der Waals surface area contributed by atoms with E-state index in [2.05, 4.69) is 37.1 Å². The molecule has 98 valence electrons. The number of hydrogen-bond donors (Lipinski definition) is 1. The van der Waals surface area contributed by atoms with E-state index in [9.17, 15) is 5.26 Å². The summed E-state index contributed by atoms with van der Waals surface area (Å²) in [6.45, 7) is 10.4. The summed E-state index contributed by atoms with van der Waals surface area (Å²) in [7, 11) is 1.90. The molecule has 1 fully saturated rings. The maximum atomic E-state index is 9.23. The van der Waals surface area contributed by atoms with Crippen molar-refractivity contribution in [3.05, 3.63) is 0 Å². The molecule has 0 saturated carbocycles. The Morgan fingerprint density at radius 1 is 1.35 bits per heavy atom. The van der Waals surface area contributed by atoms with Gasteiger partial charge in [0.25, 0.3) is 0 Å². The van der Waals surface area contributed by atoms with Crippen molar-refractivity contribution in [3.8, 4) is 6.07 Å². The average molecular weight is 237 g/mol. The minimum absolute atomic E-state index is 0.309. The van der Waals surface area contributed by atoms with E-state index in [0.29, 0.717) is 0 Å². The summed E-state index contributed by atoms with van der Waals surface area (Å²) in [5.74, 6) is 1.65. The Balaban J connectivity index is 2.31. The Bertz CT molecular complexity index is 255. The molecular formula is C14H27N3. The van der Waals surface area contributed by atoms with Crippen molar-refractivity contribution < 1.29 is 0 Å². The molecule has 1 aliphatic heterocycles. The molecular weight excluding hydrogens is 210 g/mol. The van der Waals surface area contributed by atoms with Crippen LogP contribution in [0.2, 0.25) is 0 Å². The van der Waals surface area contributed by atoms with Crippen LogP contribution >= 0.6 is 0 Å². The Kier molecular flexibility index (Phi) is 5.42. The summed E-state index contributed by atoms with van der Waals surface area (Å²) in [5, 5.41) is 12.4. The van der Waals surface area contributed by atoms with E-state index in [4.69, 9.17) is 0 Å². The van der Waals surface area contributed by atoms with Crippen molar-refractivity contribution in [1.29, 1.82) is 5.26 Å². The molecule has 3 unspecified atom stereocenters. The highest BCUT2D eigenvalue weighted by Gasteiger charge is 2.28. The van der Waals surface area contributed by atoms with Gasteiger partial charge >= 0.3 is 0 Å². The lowest BCUT2D eigenvalue weighted by molar-refractivity contribution is 0.292. The SMILES string of the molecule is CCC(C#N)(CCCN1CC(C)C(C)C1)NC. The number of hydrogen-bond acceptors (Lipinski definition) is 3. The number of rotatable bonds is 6. The molecule has 1 N–H and O–H groups in total. The van der Waals surface area contributed by atoms with Gasteiger partial charge in [-0.2, -0.15) is 5.26 Å². The zero-order valence-corrected chi connectivity index (χ0v) is 11.8. The van der Waals surface area contributed by atoms with Crippen molar-refractivity contribution in [2.45, 2.75) is 45.6 Å². The topological polar surface area (TPSA) is 39.1 Å². The van der Waals surface area contributed by atoms with Crippen LogP contribution in [0.4, 0.5) is 0 Å². The molecule has 1 aliphatic rings. The summed E-state index contributed by atoms with van der Waals surface area (Å²) in [5.41, 5.74) is -0.309. The Morgan fingerprint density at radius 2 is 1.94 bits per heavy atom. The fourth-order valence-corrected chi connectivity index (χ4v) is 2.71. The highest BCUT2D eigenvalue weighted by Crippen LogP contribution is 2.23. The first-order valence-electron chi connectivity index (χ1n) is 6.89. The third-order valence-corrected chi connectivity index (χ3v) is 4.44. The lowest BCUT2D eigenvalue weighted by atomic mass is 9.92. The minimum Gasteiger partial charge on any atom is -0.303 e. The van der Waals surface area contributed by atoms with Crippen LogP contribution in [0, 0.1) is 23.2 Å². The lowest BCUT2D eigenvalue weighted by Gasteiger charge is -2.25. The Morgan fingerprint density at radius 3 is 2.35 bits per heavy atom. The molecule has 0 aromatic rings. The molecule has 1 saturated heterocycles. The van der Waals surface area contributed by atoms with E-state index >= 15 is 0 Å². The van der Waals surface area contributed by atoms with Crippen molar-refractivity contribution in [3.63, 3.8) is 0 Å². The molecule has 3 atom stereocenters. The molecule has 0 aromatic heterocycles. The number of likely N-dealkylation sites (tertiary alicyclic amines) is 1. The first-order valence-corrected chi connectivity index (χ1v) is 6.89. The maximum absolute atomic E-state index is 9.23. The predicted octanol–water partition coefficient (Wildman–Crippen LogP) is 2.25. The zero-order chi connectivity index (χ0) is 12.9. The molecule has 0 aromatic carbocycles. The van der Waals surface area contributed by atoms with Crippen molar-refractivity contribution >= 4 is 0 Å². The second-order valence-corrected chi connectivity index (χ2v) is 5.62. The smallest absolute Gasteiger partial charge is 0.106 e. The zero-order valence-electron chi connectivity index (χ0n) is 11.8. The highest BCUT2D eigenvalue weighted by molar-refractivity contribution is 5.05. The van der Waals surface area contributed by atoms with Crippen molar-refractivity contribution in [2.24, 2.45) is 11.8 Å². The van der Waals surface area contributed by atoms with Crippen LogP contribution in [0.15, 0.2) is 0 Å². The third kappa shape index (κ3) is 3.69. The highest BCUT2D eigenvalue weighted by atomic mass is 15.1. The normalized spacial score (nSPS) is 28.9. The monoisotopic (exact) mass is 237 g/mol. The third-order valence-electron chi connectivity index (χ3n) is 4.44. The van der Waals surface area contributed by atoms with E-state index in [1.54, 1.807) is 0 Å². The summed E-state index contributed by atoms with van der Waals surface area (Å²) in [4.78, 5) is 2.54. The second-order valence-electron chi connectivity index (χ2n) is 5.62. The van der Waals surface area contributed by atoms with E-state index in [0.717, 1.165) is 37.6 Å².